The maximum absolute atomic E-state index is 12.1. The zero-order valence-corrected chi connectivity index (χ0v) is 12.3. The van der Waals surface area contributed by atoms with Crippen molar-refractivity contribution in [2.45, 2.75) is 18.4 Å². The number of sulfonamides is 1. The summed E-state index contributed by atoms with van der Waals surface area (Å²) < 4.78 is 26.8. The van der Waals surface area contributed by atoms with Crippen molar-refractivity contribution in [3.8, 4) is 0 Å². The van der Waals surface area contributed by atoms with Crippen molar-refractivity contribution >= 4 is 22.6 Å². The average Bonchev–Trinajstić information content (AvgIpc) is 2.45. The van der Waals surface area contributed by atoms with Crippen LogP contribution in [0.1, 0.15) is 11.1 Å². The monoisotopic (exact) mass is 305 g/mol. The molecule has 0 bridgehead atoms. The standard InChI is InChI=1S/C14H16BNO4S/c1-11-3-2-4-14(9-11)21(19,20)16-10-12-5-7-13(8-6-12)15(17)18/h2-9,16-18H,10H2,1H3. The summed E-state index contributed by atoms with van der Waals surface area (Å²) >= 11 is 0. The van der Waals surface area contributed by atoms with Crippen molar-refractivity contribution in [2.24, 2.45) is 0 Å². The fraction of sp³-hybridized carbons (Fsp3) is 0.143. The second kappa shape index (κ2) is 6.40. The molecule has 0 aliphatic heterocycles. The van der Waals surface area contributed by atoms with E-state index in [1.54, 1.807) is 42.5 Å². The molecule has 0 saturated heterocycles. The minimum atomic E-state index is -3.56. The van der Waals surface area contributed by atoms with Crippen LogP contribution in [0, 0.1) is 6.92 Å². The van der Waals surface area contributed by atoms with Gasteiger partial charge in [-0.2, -0.15) is 0 Å². The molecule has 0 saturated carbocycles. The van der Waals surface area contributed by atoms with Gasteiger partial charge in [0.2, 0.25) is 10.0 Å². The molecule has 3 N–H and O–H groups in total. The van der Waals surface area contributed by atoms with Crippen LogP contribution < -0.4 is 10.2 Å². The average molecular weight is 305 g/mol. The van der Waals surface area contributed by atoms with Gasteiger partial charge in [-0.25, -0.2) is 13.1 Å². The molecule has 0 aliphatic carbocycles. The molecule has 7 heteroatoms. The van der Waals surface area contributed by atoms with Gasteiger partial charge in [-0.3, -0.25) is 0 Å². The molecule has 0 aromatic heterocycles. The molecule has 2 rings (SSSR count). The lowest BCUT2D eigenvalue weighted by Gasteiger charge is -2.08. The highest BCUT2D eigenvalue weighted by Crippen LogP contribution is 2.11. The molecule has 2 aromatic carbocycles. The van der Waals surface area contributed by atoms with Gasteiger partial charge in [0.25, 0.3) is 0 Å². The van der Waals surface area contributed by atoms with Crippen LogP contribution in [-0.4, -0.2) is 25.6 Å². The van der Waals surface area contributed by atoms with Crippen LogP contribution in [0.4, 0.5) is 0 Å². The van der Waals surface area contributed by atoms with E-state index in [4.69, 9.17) is 10.0 Å². The molecule has 21 heavy (non-hydrogen) atoms. The fourth-order valence-electron chi connectivity index (χ4n) is 1.85. The Bertz CT molecular complexity index is 714. The number of benzene rings is 2. The maximum atomic E-state index is 12.1. The molecule has 0 amide bonds. The summed E-state index contributed by atoms with van der Waals surface area (Å²) in [7, 11) is -5.08. The normalized spacial score (nSPS) is 11.4. The Kier molecular flexibility index (Phi) is 4.79. The van der Waals surface area contributed by atoms with E-state index in [0.29, 0.717) is 5.46 Å². The van der Waals surface area contributed by atoms with Crippen LogP contribution >= 0.6 is 0 Å². The van der Waals surface area contributed by atoms with Crippen LogP contribution in [0.3, 0.4) is 0 Å². The summed E-state index contributed by atoms with van der Waals surface area (Å²) in [4.78, 5) is 0.227. The van der Waals surface area contributed by atoms with E-state index in [-0.39, 0.29) is 11.4 Å². The van der Waals surface area contributed by atoms with E-state index >= 15 is 0 Å². The van der Waals surface area contributed by atoms with Crippen LogP contribution in [-0.2, 0) is 16.6 Å². The Balaban J connectivity index is 2.08. The molecule has 0 radical (unpaired) electrons. The van der Waals surface area contributed by atoms with Gasteiger partial charge in [-0.15, -0.1) is 0 Å². The molecule has 0 heterocycles. The van der Waals surface area contributed by atoms with Crippen LogP contribution in [0.2, 0.25) is 0 Å². The summed E-state index contributed by atoms with van der Waals surface area (Å²) in [5.41, 5.74) is 1.97. The molecular formula is C14H16BNO4S. The first-order valence-corrected chi connectivity index (χ1v) is 7.88. The maximum Gasteiger partial charge on any atom is 0.488 e. The first-order valence-electron chi connectivity index (χ1n) is 6.40. The smallest absolute Gasteiger partial charge is 0.423 e. The Morgan fingerprint density at radius 2 is 1.76 bits per heavy atom. The molecule has 0 fully saturated rings. The van der Waals surface area contributed by atoms with Crippen molar-refractivity contribution in [2.75, 3.05) is 0 Å². The molecule has 0 unspecified atom stereocenters. The van der Waals surface area contributed by atoms with Crippen molar-refractivity contribution < 1.29 is 18.5 Å². The lowest BCUT2D eigenvalue weighted by Crippen LogP contribution is -2.30. The molecule has 110 valence electrons. The SMILES string of the molecule is Cc1cccc(S(=O)(=O)NCc2ccc(B(O)O)cc2)c1. The minimum Gasteiger partial charge on any atom is -0.423 e. The molecule has 2 aromatic rings. The summed E-state index contributed by atoms with van der Waals surface area (Å²) in [6, 6.07) is 13.1. The van der Waals surface area contributed by atoms with Gasteiger partial charge in [0, 0.05) is 6.54 Å². The zero-order chi connectivity index (χ0) is 15.5. The second-order valence-electron chi connectivity index (χ2n) is 4.76. The van der Waals surface area contributed by atoms with Crippen molar-refractivity contribution in [3.05, 3.63) is 59.7 Å². The number of aryl methyl sites for hydroxylation is 1. The molecule has 0 atom stereocenters. The van der Waals surface area contributed by atoms with E-state index in [0.717, 1.165) is 11.1 Å². The number of hydrogen-bond acceptors (Lipinski definition) is 4. The van der Waals surface area contributed by atoms with Crippen molar-refractivity contribution in [1.29, 1.82) is 0 Å². The number of rotatable bonds is 5. The van der Waals surface area contributed by atoms with Gasteiger partial charge in [0.15, 0.2) is 0 Å². The quantitative estimate of drug-likeness (QED) is 0.687. The highest BCUT2D eigenvalue weighted by molar-refractivity contribution is 7.89. The van der Waals surface area contributed by atoms with E-state index in [1.807, 2.05) is 13.0 Å². The van der Waals surface area contributed by atoms with Crippen LogP contribution in [0.25, 0.3) is 0 Å². The van der Waals surface area contributed by atoms with E-state index < -0.39 is 17.1 Å². The molecule has 0 aliphatic rings. The van der Waals surface area contributed by atoms with Gasteiger partial charge >= 0.3 is 7.12 Å². The predicted octanol–water partition coefficient (Wildman–Crippen LogP) is 0.153. The largest absolute Gasteiger partial charge is 0.488 e. The number of hydrogen-bond donors (Lipinski definition) is 3. The van der Waals surface area contributed by atoms with E-state index in [2.05, 4.69) is 4.72 Å². The topological polar surface area (TPSA) is 86.6 Å². The third kappa shape index (κ3) is 4.15. The van der Waals surface area contributed by atoms with Gasteiger partial charge in [-0.05, 0) is 35.6 Å². The van der Waals surface area contributed by atoms with E-state index in [1.165, 1.54) is 0 Å². The van der Waals surface area contributed by atoms with Crippen molar-refractivity contribution in [1.82, 2.24) is 4.72 Å². The fourth-order valence-corrected chi connectivity index (χ4v) is 2.97. The lowest BCUT2D eigenvalue weighted by atomic mass is 9.80. The Morgan fingerprint density at radius 3 is 2.33 bits per heavy atom. The van der Waals surface area contributed by atoms with E-state index in [9.17, 15) is 8.42 Å². The second-order valence-corrected chi connectivity index (χ2v) is 6.52. The zero-order valence-electron chi connectivity index (χ0n) is 11.5. The molecular weight excluding hydrogens is 289 g/mol. The highest BCUT2D eigenvalue weighted by Gasteiger charge is 2.14. The Morgan fingerprint density at radius 1 is 1.10 bits per heavy atom. The predicted molar refractivity (Wildman–Crippen MR) is 81.5 cm³/mol. The summed E-state index contributed by atoms with van der Waals surface area (Å²) in [6.45, 7) is 1.97. The van der Waals surface area contributed by atoms with Crippen molar-refractivity contribution in [3.63, 3.8) is 0 Å². The van der Waals surface area contributed by atoms with Gasteiger partial charge in [-0.1, -0.05) is 36.4 Å². The molecule has 5 nitrogen and oxygen atoms in total. The number of nitrogens with one attached hydrogen (secondary N) is 1. The third-order valence-corrected chi connectivity index (χ3v) is 4.44. The van der Waals surface area contributed by atoms with Crippen LogP contribution in [0.5, 0.6) is 0 Å². The summed E-state index contributed by atoms with van der Waals surface area (Å²) in [5.74, 6) is 0. The van der Waals surface area contributed by atoms with Gasteiger partial charge in [0.1, 0.15) is 0 Å². The third-order valence-electron chi connectivity index (χ3n) is 3.04. The highest BCUT2D eigenvalue weighted by atomic mass is 32.2. The molecule has 0 spiro atoms. The minimum absolute atomic E-state index is 0.137. The first kappa shape index (κ1) is 15.7. The van der Waals surface area contributed by atoms with Gasteiger partial charge in [0.05, 0.1) is 4.90 Å². The lowest BCUT2D eigenvalue weighted by molar-refractivity contribution is 0.426. The summed E-state index contributed by atoms with van der Waals surface area (Å²) in [5, 5.41) is 18.0. The first-order chi connectivity index (χ1) is 9.88. The summed E-state index contributed by atoms with van der Waals surface area (Å²) in [6.07, 6.45) is 0. The Labute approximate surface area is 124 Å². The van der Waals surface area contributed by atoms with Gasteiger partial charge < -0.3 is 10.0 Å². The Hall–Kier alpha value is -1.67. The van der Waals surface area contributed by atoms with Crippen LogP contribution in [0.15, 0.2) is 53.4 Å².